The predicted molar refractivity (Wildman–Crippen MR) is 131 cm³/mol. The van der Waals surface area contributed by atoms with Crippen LogP contribution < -0.4 is 24.0 Å². The van der Waals surface area contributed by atoms with E-state index in [-0.39, 0.29) is 24.0 Å². The summed E-state index contributed by atoms with van der Waals surface area (Å²) in [4.78, 5) is 0. The van der Waals surface area contributed by atoms with E-state index in [1.807, 2.05) is 0 Å². The maximum atomic E-state index is 2.95. The predicted octanol–water partition coefficient (Wildman–Crippen LogP) is 3.77. The molecule has 0 unspecified atom stereocenters. The van der Waals surface area contributed by atoms with E-state index in [1.54, 1.807) is 0 Å². The monoisotopic (exact) mass is 544 g/mol. The lowest BCUT2D eigenvalue weighted by Crippen LogP contribution is -3.00. The fourth-order valence-corrected chi connectivity index (χ4v) is 10.3. The van der Waals surface area contributed by atoms with Crippen molar-refractivity contribution in [3.05, 3.63) is 0 Å². The third-order valence-electron chi connectivity index (χ3n) is 5.25. The summed E-state index contributed by atoms with van der Waals surface area (Å²) in [6.45, 7) is 28.6. The van der Waals surface area contributed by atoms with E-state index in [9.17, 15) is 0 Å². The van der Waals surface area contributed by atoms with E-state index in [1.165, 1.54) is 90.8 Å². The molecule has 0 aliphatic carbocycles. The second-order valence-corrected chi connectivity index (χ2v) is 11.3. The molecule has 0 amide bonds. The number of hydrogen-bond donors (Lipinski definition) is 0. The minimum Gasteiger partial charge on any atom is -1.00 e. The first-order valence-corrected chi connectivity index (χ1v) is 14.1. The van der Waals surface area contributed by atoms with E-state index >= 15 is 0 Å². The topological polar surface area (TPSA) is 13.0 Å². The van der Waals surface area contributed by atoms with Gasteiger partial charge in [0.25, 0.3) is 0 Å². The van der Waals surface area contributed by atoms with Crippen molar-refractivity contribution in [3.8, 4) is 0 Å². The summed E-state index contributed by atoms with van der Waals surface area (Å²) in [5, 5.41) is 0. The molecule has 0 saturated heterocycles. The van der Waals surface area contributed by atoms with Gasteiger partial charge in [0, 0.05) is 52.4 Å². The van der Waals surface area contributed by atoms with Crippen molar-refractivity contribution in [2.24, 2.45) is 0 Å². The quantitative estimate of drug-likeness (QED) is 0.181. The molecule has 0 spiro atoms. The Labute approximate surface area is 202 Å². The van der Waals surface area contributed by atoms with Gasteiger partial charge in [0.1, 0.15) is 0 Å². The number of hydrogen-bond acceptors (Lipinski definition) is 4. The third kappa shape index (κ3) is 9.18. The molecule has 0 aromatic heterocycles. The second kappa shape index (κ2) is 19.7. The zero-order valence-corrected chi connectivity index (χ0v) is 24.3. The summed E-state index contributed by atoms with van der Waals surface area (Å²) < 4.78 is 11.8. The van der Waals surface area contributed by atoms with Gasteiger partial charge >= 0.3 is 7.87 Å². The first-order valence-electron chi connectivity index (χ1n) is 12.5. The van der Waals surface area contributed by atoms with Crippen LogP contribution in [0.2, 0.25) is 0 Å². The van der Waals surface area contributed by atoms with Crippen LogP contribution in [-0.2, 0) is 0 Å². The average Bonchev–Trinajstić information content (AvgIpc) is 2.68. The molecule has 0 aromatic carbocycles. The molecule has 0 saturated carbocycles. The van der Waals surface area contributed by atoms with Gasteiger partial charge in [-0.05, 0) is 51.9 Å². The van der Waals surface area contributed by atoms with Crippen molar-refractivity contribution in [2.45, 2.75) is 100 Å². The van der Waals surface area contributed by atoms with Crippen molar-refractivity contribution in [2.75, 3.05) is 52.4 Å². The van der Waals surface area contributed by atoms with Crippen LogP contribution in [0.5, 0.6) is 0 Å². The highest BCUT2D eigenvalue weighted by atomic mass is 127. The number of halogens is 1. The normalized spacial score (nSPS) is 12.4. The zero-order chi connectivity index (χ0) is 21.4. The molecule has 0 rings (SSSR count). The standard InChI is InChI=1S/C23H54N4P.HI/c1-9-17-24(16-8)28(25(18-10-2)19-11-3,26(20-12-4)21-13-5)27(22-14-6)23-15-7;/h9-23H2,1-8H3;1H/q+1;/p-1. The van der Waals surface area contributed by atoms with E-state index in [2.05, 4.69) is 74.1 Å². The Morgan fingerprint density at radius 3 is 0.759 bits per heavy atom. The van der Waals surface area contributed by atoms with E-state index in [4.69, 9.17) is 0 Å². The number of rotatable bonds is 19. The van der Waals surface area contributed by atoms with Gasteiger partial charge in [-0.25, -0.2) is 0 Å². The molecular weight excluding hydrogens is 490 g/mol. The van der Waals surface area contributed by atoms with Crippen LogP contribution >= 0.6 is 7.87 Å². The van der Waals surface area contributed by atoms with Crippen LogP contribution in [0.4, 0.5) is 0 Å². The smallest absolute Gasteiger partial charge is 0.308 e. The van der Waals surface area contributed by atoms with Crippen molar-refractivity contribution in [1.29, 1.82) is 0 Å². The van der Waals surface area contributed by atoms with E-state index in [0.29, 0.717) is 0 Å². The molecular formula is C23H54IN4P. The van der Waals surface area contributed by atoms with Crippen molar-refractivity contribution in [1.82, 2.24) is 18.7 Å². The Morgan fingerprint density at radius 1 is 0.379 bits per heavy atom. The van der Waals surface area contributed by atoms with Crippen LogP contribution in [-0.4, -0.2) is 71.0 Å². The van der Waals surface area contributed by atoms with E-state index < -0.39 is 7.87 Å². The van der Waals surface area contributed by atoms with Crippen molar-refractivity contribution in [3.63, 3.8) is 0 Å². The summed E-state index contributed by atoms with van der Waals surface area (Å²) in [5.74, 6) is 0. The van der Waals surface area contributed by atoms with Crippen molar-refractivity contribution < 1.29 is 24.0 Å². The van der Waals surface area contributed by atoms with Gasteiger partial charge in [0.15, 0.2) is 0 Å². The molecule has 0 bridgehead atoms. The minimum absolute atomic E-state index is 0. The van der Waals surface area contributed by atoms with Crippen LogP contribution in [0.15, 0.2) is 0 Å². The lowest BCUT2D eigenvalue weighted by atomic mass is 10.4. The van der Waals surface area contributed by atoms with Gasteiger partial charge in [-0.1, -0.05) is 48.5 Å². The molecule has 0 fully saturated rings. The Hall–Kier alpha value is 1.00. The van der Waals surface area contributed by atoms with Gasteiger partial charge in [-0.2, -0.15) is 0 Å². The Balaban J connectivity index is 0. The molecule has 29 heavy (non-hydrogen) atoms. The summed E-state index contributed by atoms with van der Waals surface area (Å²) in [5.41, 5.74) is 0. The van der Waals surface area contributed by atoms with E-state index in [0.717, 1.165) is 6.54 Å². The maximum absolute atomic E-state index is 2.95. The SMILES string of the molecule is CCCN(CC)[P+](N(CCC)CCC)(N(CCC)CCC)N(CCC)CCC.[I-]. The lowest BCUT2D eigenvalue weighted by molar-refractivity contribution is -0.00000683. The molecule has 4 nitrogen and oxygen atoms in total. The summed E-state index contributed by atoms with van der Waals surface area (Å²) >= 11 is 0. The third-order valence-corrected chi connectivity index (χ3v) is 9.97. The fourth-order valence-electron chi connectivity index (χ4n) is 4.50. The molecule has 0 N–H and O–H groups in total. The lowest BCUT2D eigenvalue weighted by Gasteiger charge is -2.51. The molecule has 0 heterocycles. The second-order valence-electron chi connectivity index (χ2n) is 7.94. The minimum atomic E-state index is -1.72. The van der Waals surface area contributed by atoms with Crippen LogP contribution in [0.1, 0.15) is 100 Å². The van der Waals surface area contributed by atoms with Crippen LogP contribution in [0.3, 0.4) is 0 Å². The van der Waals surface area contributed by atoms with Gasteiger partial charge in [-0.3, -0.25) is 0 Å². The number of nitrogens with zero attached hydrogens (tertiary/aromatic N) is 4. The Morgan fingerprint density at radius 2 is 0.586 bits per heavy atom. The Bertz CT molecular complexity index is 301. The van der Waals surface area contributed by atoms with Gasteiger partial charge < -0.3 is 24.0 Å². The molecule has 0 aromatic rings. The Kier molecular flexibility index (Phi) is 21.8. The van der Waals surface area contributed by atoms with Crippen LogP contribution in [0.25, 0.3) is 0 Å². The largest absolute Gasteiger partial charge is 1.00 e. The maximum Gasteiger partial charge on any atom is 0.308 e. The molecule has 178 valence electrons. The molecule has 0 aliphatic heterocycles. The zero-order valence-electron chi connectivity index (χ0n) is 21.2. The molecule has 0 atom stereocenters. The highest BCUT2D eigenvalue weighted by Gasteiger charge is 2.59. The highest BCUT2D eigenvalue weighted by Crippen LogP contribution is 2.70. The fraction of sp³-hybridized carbons (Fsp3) is 1.00. The molecule has 0 radical (unpaired) electrons. The van der Waals surface area contributed by atoms with Gasteiger partial charge in [0.05, 0.1) is 0 Å². The summed E-state index contributed by atoms with van der Waals surface area (Å²) in [6, 6.07) is 0. The van der Waals surface area contributed by atoms with Gasteiger partial charge in [-0.15, -0.1) is 18.7 Å². The van der Waals surface area contributed by atoms with Crippen LogP contribution in [0, 0.1) is 0 Å². The molecule has 6 heteroatoms. The van der Waals surface area contributed by atoms with Gasteiger partial charge in [0.2, 0.25) is 0 Å². The first kappa shape index (κ1) is 32.2. The average molecular weight is 545 g/mol. The summed E-state index contributed by atoms with van der Waals surface area (Å²) in [6.07, 6.45) is 8.67. The van der Waals surface area contributed by atoms with Crippen molar-refractivity contribution >= 4 is 7.87 Å². The summed E-state index contributed by atoms with van der Waals surface area (Å²) in [7, 11) is -1.72. The molecule has 0 aliphatic rings. The first-order chi connectivity index (χ1) is 13.6. The highest BCUT2D eigenvalue weighted by molar-refractivity contribution is 7.66.